The second-order valence-corrected chi connectivity index (χ2v) is 3.12. The zero-order valence-corrected chi connectivity index (χ0v) is 6.76. The third-order valence-corrected chi connectivity index (χ3v) is 1.86. The van der Waals surface area contributed by atoms with Gasteiger partial charge in [-0.1, -0.05) is 11.8 Å². The standard InChI is InChI=1S/C5H11ClN2S/c6-3-1-2-4-9-5(7)8/h1-4H2,(H3,7,8). The van der Waals surface area contributed by atoms with Crippen LogP contribution < -0.4 is 5.73 Å². The van der Waals surface area contributed by atoms with Gasteiger partial charge in [0.15, 0.2) is 5.17 Å². The molecule has 4 heteroatoms. The maximum atomic E-state index is 6.84. The molecule has 0 unspecified atom stereocenters. The van der Waals surface area contributed by atoms with Gasteiger partial charge in [0.1, 0.15) is 0 Å². The molecule has 0 bridgehead atoms. The number of thioether (sulfide) groups is 1. The third kappa shape index (κ3) is 8.11. The number of halogens is 1. The van der Waals surface area contributed by atoms with Crippen LogP contribution in [0.25, 0.3) is 0 Å². The van der Waals surface area contributed by atoms with Crippen LogP contribution in [0.2, 0.25) is 0 Å². The van der Waals surface area contributed by atoms with Crippen LogP contribution in [0.1, 0.15) is 12.8 Å². The molecular weight excluding hydrogens is 156 g/mol. The summed E-state index contributed by atoms with van der Waals surface area (Å²) in [5.41, 5.74) is 5.09. The molecule has 0 saturated carbocycles. The minimum atomic E-state index is 0.199. The van der Waals surface area contributed by atoms with Gasteiger partial charge in [-0.3, -0.25) is 5.41 Å². The van der Waals surface area contributed by atoms with Gasteiger partial charge in [-0.2, -0.15) is 0 Å². The van der Waals surface area contributed by atoms with Gasteiger partial charge in [0.25, 0.3) is 0 Å². The highest BCUT2D eigenvalue weighted by Gasteiger charge is 1.89. The molecule has 0 saturated heterocycles. The Bertz CT molecular complexity index is 87.0. The van der Waals surface area contributed by atoms with Gasteiger partial charge in [-0.25, -0.2) is 0 Å². The predicted octanol–water partition coefficient (Wildman–Crippen LogP) is 1.63. The van der Waals surface area contributed by atoms with Gasteiger partial charge in [0.05, 0.1) is 0 Å². The maximum absolute atomic E-state index is 6.84. The predicted molar refractivity (Wildman–Crippen MR) is 44.3 cm³/mol. The van der Waals surface area contributed by atoms with E-state index in [2.05, 4.69) is 0 Å². The van der Waals surface area contributed by atoms with Gasteiger partial charge in [-0.05, 0) is 12.8 Å². The Morgan fingerprint density at radius 3 is 2.67 bits per heavy atom. The van der Waals surface area contributed by atoms with Crippen molar-refractivity contribution in [1.82, 2.24) is 0 Å². The van der Waals surface area contributed by atoms with Crippen molar-refractivity contribution >= 4 is 28.5 Å². The van der Waals surface area contributed by atoms with Crippen LogP contribution in [0.4, 0.5) is 0 Å². The molecule has 0 amide bonds. The van der Waals surface area contributed by atoms with Crippen LogP contribution in [0, 0.1) is 5.41 Å². The van der Waals surface area contributed by atoms with Crippen LogP contribution >= 0.6 is 23.4 Å². The molecular formula is C5H11ClN2S. The molecule has 0 radical (unpaired) electrons. The van der Waals surface area contributed by atoms with E-state index in [-0.39, 0.29) is 5.17 Å². The molecule has 0 aliphatic rings. The molecule has 0 fully saturated rings. The second-order valence-electron chi connectivity index (χ2n) is 1.61. The van der Waals surface area contributed by atoms with E-state index < -0.39 is 0 Å². The van der Waals surface area contributed by atoms with E-state index in [9.17, 15) is 0 Å². The average Bonchev–Trinajstić information content (AvgIpc) is 1.80. The average molecular weight is 167 g/mol. The van der Waals surface area contributed by atoms with Crippen molar-refractivity contribution in [2.45, 2.75) is 12.8 Å². The lowest BCUT2D eigenvalue weighted by molar-refractivity contribution is 0.904. The van der Waals surface area contributed by atoms with Gasteiger partial charge in [0.2, 0.25) is 0 Å². The molecule has 0 atom stereocenters. The molecule has 3 N–H and O–H groups in total. The molecule has 0 spiro atoms. The molecule has 54 valence electrons. The van der Waals surface area contributed by atoms with Crippen molar-refractivity contribution in [3.05, 3.63) is 0 Å². The summed E-state index contributed by atoms with van der Waals surface area (Å²) in [6.07, 6.45) is 2.07. The molecule has 0 rings (SSSR count). The minimum Gasteiger partial charge on any atom is -0.379 e. The largest absolute Gasteiger partial charge is 0.379 e. The summed E-state index contributed by atoms with van der Waals surface area (Å²) in [5.74, 6) is 1.63. The van der Waals surface area contributed by atoms with E-state index in [0.29, 0.717) is 5.88 Å². The molecule has 0 heterocycles. The minimum absolute atomic E-state index is 0.199. The van der Waals surface area contributed by atoms with Gasteiger partial charge in [0, 0.05) is 11.6 Å². The number of unbranched alkanes of at least 4 members (excludes halogenated alkanes) is 1. The van der Waals surface area contributed by atoms with Crippen LogP contribution in [-0.4, -0.2) is 16.8 Å². The van der Waals surface area contributed by atoms with E-state index in [1.54, 1.807) is 0 Å². The summed E-state index contributed by atoms with van der Waals surface area (Å²) in [4.78, 5) is 0. The number of nitrogens with one attached hydrogen (secondary N) is 1. The highest BCUT2D eigenvalue weighted by atomic mass is 35.5. The van der Waals surface area contributed by atoms with Crippen molar-refractivity contribution in [3.8, 4) is 0 Å². The van der Waals surface area contributed by atoms with Gasteiger partial charge >= 0.3 is 0 Å². The topological polar surface area (TPSA) is 49.9 Å². The van der Waals surface area contributed by atoms with Crippen LogP contribution in [0.15, 0.2) is 0 Å². The Balaban J connectivity index is 2.83. The Morgan fingerprint density at radius 1 is 1.56 bits per heavy atom. The SMILES string of the molecule is N=C(N)SCCCCCl. The molecule has 0 aliphatic heterocycles. The maximum Gasteiger partial charge on any atom is 0.151 e. The van der Waals surface area contributed by atoms with Crippen molar-refractivity contribution < 1.29 is 0 Å². The fourth-order valence-corrected chi connectivity index (χ4v) is 1.14. The number of nitrogens with two attached hydrogens (primary N) is 1. The quantitative estimate of drug-likeness (QED) is 0.289. The Kier molecular flexibility index (Phi) is 6.31. The fourth-order valence-electron chi connectivity index (χ4n) is 0.379. The van der Waals surface area contributed by atoms with E-state index in [0.717, 1.165) is 18.6 Å². The monoisotopic (exact) mass is 166 g/mol. The van der Waals surface area contributed by atoms with Crippen LogP contribution in [0.5, 0.6) is 0 Å². The summed E-state index contributed by atoms with van der Waals surface area (Å²) in [6.45, 7) is 0. The normalized spacial score (nSPS) is 9.44. The Hall–Kier alpha value is 0.110. The molecule has 0 aliphatic carbocycles. The molecule has 0 aromatic carbocycles. The fraction of sp³-hybridized carbons (Fsp3) is 0.800. The van der Waals surface area contributed by atoms with Gasteiger partial charge in [-0.15, -0.1) is 11.6 Å². The molecule has 0 aromatic rings. The smallest absolute Gasteiger partial charge is 0.151 e. The first-order valence-corrected chi connectivity index (χ1v) is 4.32. The van der Waals surface area contributed by atoms with Crippen molar-refractivity contribution in [2.75, 3.05) is 11.6 Å². The Morgan fingerprint density at radius 2 is 2.22 bits per heavy atom. The number of hydrogen-bond donors (Lipinski definition) is 2. The van der Waals surface area contributed by atoms with Crippen molar-refractivity contribution in [2.24, 2.45) is 5.73 Å². The zero-order chi connectivity index (χ0) is 7.11. The number of alkyl halides is 1. The highest BCUT2D eigenvalue weighted by molar-refractivity contribution is 8.13. The molecule has 0 aromatic heterocycles. The van der Waals surface area contributed by atoms with Crippen LogP contribution in [0.3, 0.4) is 0 Å². The third-order valence-electron chi connectivity index (χ3n) is 0.786. The zero-order valence-electron chi connectivity index (χ0n) is 5.19. The first-order valence-electron chi connectivity index (χ1n) is 2.80. The van der Waals surface area contributed by atoms with Gasteiger partial charge < -0.3 is 5.73 Å². The summed E-state index contributed by atoms with van der Waals surface area (Å²) >= 11 is 6.80. The molecule has 2 nitrogen and oxygen atoms in total. The summed E-state index contributed by atoms with van der Waals surface area (Å²) in [7, 11) is 0. The van der Waals surface area contributed by atoms with E-state index in [1.165, 1.54) is 11.8 Å². The highest BCUT2D eigenvalue weighted by Crippen LogP contribution is 2.03. The summed E-state index contributed by atoms with van der Waals surface area (Å²) < 4.78 is 0. The second kappa shape index (κ2) is 6.23. The van der Waals surface area contributed by atoms with E-state index >= 15 is 0 Å². The number of hydrogen-bond acceptors (Lipinski definition) is 2. The summed E-state index contributed by atoms with van der Waals surface area (Å²) in [5, 5.41) is 7.04. The van der Waals surface area contributed by atoms with Crippen molar-refractivity contribution in [3.63, 3.8) is 0 Å². The molecule has 9 heavy (non-hydrogen) atoms. The van der Waals surface area contributed by atoms with Crippen molar-refractivity contribution in [1.29, 1.82) is 5.41 Å². The number of rotatable bonds is 4. The lowest BCUT2D eigenvalue weighted by Crippen LogP contribution is -2.04. The number of amidine groups is 1. The lowest BCUT2D eigenvalue weighted by Gasteiger charge is -1.94. The first kappa shape index (κ1) is 9.11. The van der Waals surface area contributed by atoms with Crippen LogP contribution in [-0.2, 0) is 0 Å². The first-order chi connectivity index (χ1) is 4.27. The van der Waals surface area contributed by atoms with E-state index in [1.807, 2.05) is 0 Å². The lowest BCUT2D eigenvalue weighted by atomic mass is 10.4. The summed E-state index contributed by atoms with van der Waals surface area (Å²) in [6, 6.07) is 0. The van der Waals surface area contributed by atoms with E-state index in [4.69, 9.17) is 22.7 Å². The Labute approximate surface area is 64.7 Å².